The molecule has 0 bridgehead atoms. The highest BCUT2D eigenvalue weighted by molar-refractivity contribution is 5.76. The van der Waals surface area contributed by atoms with Crippen molar-refractivity contribution in [2.24, 2.45) is 0 Å². The lowest BCUT2D eigenvalue weighted by Crippen LogP contribution is -2.48. The normalized spacial score (nSPS) is 20.3. The van der Waals surface area contributed by atoms with E-state index in [1.54, 1.807) is 0 Å². The predicted molar refractivity (Wildman–Crippen MR) is 97.6 cm³/mol. The number of ether oxygens (including phenoxy) is 2. The molecule has 0 spiro atoms. The number of aryl methyl sites for hydroxylation is 1. The molecule has 2 atom stereocenters. The molecule has 0 N–H and O–H groups in total. The van der Waals surface area contributed by atoms with Crippen molar-refractivity contribution in [1.29, 1.82) is 0 Å². The lowest BCUT2D eigenvalue weighted by atomic mass is 10.0. The zero-order valence-corrected chi connectivity index (χ0v) is 14.9. The SMILES string of the molecule is Cc1ccc(C2CN(C(=O)CCOc3ccccc3)C(C)CO2)cc1. The Morgan fingerprint density at radius 3 is 2.60 bits per heavy atom. The van der Waals surface area contributed by atoms with E-state index in [1.807, 2.05) is 42.2 Å². The molecule has 4 heteroatoms. The Labute approximate surface area is 149 Å². The van der Waals surface area contributed by atoms with Crippen LogP contribution in [-0.2, 0) is 9.53 Å². The van der Waals surface area contributed by atoms with Crippen LogP contribution in [0.25, 0.3) is 0 Å². The van der Waals surface area contributed by atoms with Gasteiger partial charge in [0.2, 0.25) is 5.91 Å². The largest absolute Gasteiger partial charge is 0.493 e. The molecule has 4 nitrogen and oxygen atoms in total. The zero-order chi connectivity index (χ0) is 17.6. The molecule has 2 unspecified atom stereocenters. The van der Waals surface area contributed by atoms with E-state index in [2.05, 4.69) is 31.2 Å². The Bertz CT molecular complexity index is 684. The van der Waals surface area contributed by atoms with E-state index in [4.69, 9.17) is 9.47 Å². The molecule has 1 heterocycles. The van der Waals surface area contributed by atoms with Gasteiger partial charge >= 0.3 is 0 Å². The second-order valence-corrected chi connectivity index (χ2v) is 6.54. The molecule has 0 aliphatic carbocycles. The maximum Gasteiger partial charge on any atom is 0.226 e. The lowest BCUT2D eigenvalue weighted by Gasteiger charge is -2.38. The monoisotopic (exact) mass is 339 g/mol. The first-order chi connectivity index (χ1) is 12.1. The van der Waals surface area contributed by atoms with Crippen molar-refractivity contribution in [3.63, 3.8) is 0 Å². The van der Waals surface area contributed by atoms with Gasteiger partial charge in [-0.2, -0.15) is 0 Å². The van der Waals surface area contributed by atoms with Crippen LogP contribution in [0.4, 0.5) is 0 Å². The van der Waals surface area contributed by atoms with Crippen LogP contribution in [0.2, 0.25) is 0 Å². The molecular formula is C21H25NO3. The second-order valence-electron chi connectivity index (χ2n) is 6.54. The second kappa shape index (κ2) is 8.17. The summed E-state index contributed by atoms with van der Waals surface area (Å²) in [7, 11) is 0. The van der Waals surface area contributed by atoms with E-state index in [1.165, 1.54) is 5.56 Å². The van der Waals surface area contributed by atoms with Crippen molar-refractivity contribution in [3.05, 3.63) is 65.7 Å². The van der Waals surface area contributed by atoms with Gasteiger partial charge < -0.3 is 14.4 Å². The molecule has 0 saturated carbocycles. The average molecular weight is 339 g/mol. The summed E-state index contributed by atoms with van der Waals surface area (Å²) in [5.41, 5.74) is 2.34. The molecule has 2 aromatic rings. The first-order valence-electron chi connectivity index (χ1n) is 8.79. The molecule has 3 rings (SSSR count). The first-order valence-corrected chi connectivity index (χ1v) is 8.79. The Kier molecular flexibility index (Phi) is 5.71. The number of hydrogen-bond donors (Lipinski definition) is 0. The highest BCUT2D eigenvalue weighted by Gasteiger charge is 2.30. The van der Waals surface area contributed by atoms with Crippen LogP contribution < -0.4 is 4.74 Å². The summed E-state index contributed by atoms with van der Waals surface area (Å²) < 4.78 is 11.6. The number of benzene rings is 2. The van der Waals surface area contributed by atoms with Crippen molar-refractivity contribution in [2.45, 2.75) is 32.4 Å². The van der Waals surface area contributed by atoms with E-state index >= 15 is 0 Å². The van der Waals surface area contributed by atoms with Gasteiger partial charge in [-0.1, -0.05) is 48.0 Å². The summed E-state index contributed by atoms with van der Waals surface area (Å²) >= 11 is 0. The smallest absolute Gasteiger partial charge is 0.226 e. The minimum Gasteiger partial charge on any atom is -0.493 e. The van der Waals surface area contributed by atoms with Crippen LogP contribution in [-0.4, -0.2) is 36.6 Å². The highest BCUT2D eigenvalue weighted by atomic mass is 16.5. The summed E-state index contributed by atoms with van der Waals surface area (Å²) in [4.78, 5) is 14.5. The van der Waals surface area contributed by atoms with Crippen molar-refractivity contribution >= 4 is 5.91 Å². The number of rotatable bonds is 5. The topological polar surface area (TPSA) is 38.8 Å². The minimum atomic E-state index is -0.0595. The number of hydrogen-bond acceptors (Lipinski definition) is 3. The molecule has 1 amide bonds. The van der Waals surface area contributed by atoms with Crippen molar-refractivity contribution in [2.75, 3.05) is 19.8 Å². The fraction of sp³-hybridized carbons (Fsp3) is 0.381. The van der Waals surface area contributed by atoms with Gasteiger partial charge in [0.1, 0.15) is 11.9 Å². The maximum atomic E-state index is 12.6. The zero-order valence-electron chi connectivity index (χ0n) is 14.9. The van der Waals surface area contributed by atoms with E-state index < -0.39 is 0 Å². The number of para-hydroxylation sites is 1. The molecule has 25 heavy (non-hydrogen) atoms. The quantitative estimate of drug-likeness (QED) is 0.833. The van der Waals surface area contributed by atoms with Crippen LogP contribution in [0.5, 0.6) is 5.75 Å². The third-order valence-electron chi connectivity index (χ3n) is 4.53. The Morgan fingerprint density at radius 2 is 1.88 bits per heavy atom. The molecule has 0 aromatic heterocycles. The summed E-state index contributed by atoms with van der Waals surface area (Å²) in [6.45, 7) is 5.64. The molecule has 0 radical (unpaired) electrons. The number of carbonyl (C=O) groups is 1. The fourth-order valence-corrected chi connectivity index (χ4v) is 3.00. The molecule has 2 aromatic carbocycles. The molecule has 1 saturated heterocycles. The average Bonchev–Trinajstić information content (AvgIpc) is 2.64. The molecule has 1 aliphatic heterocycles. The van der Waals surface area contributed by atoms with Gasteiger partial charge in [0.25, 0.3) is 0 Å². The van der Waals surface area contributed by atoms with Crippen LogP contribution in [0.3, 0.4) is 0 Å². The van der Waals surface area contributed by atoms with Gasteiger partial charge in [0.15, 0.2) is 0 Å². The van der Waals surface area contributed by atoms with Gasteiger partial charge in [0, 0.05) is 0 Å². The van der Waals surface area contributed by atoms with Gasteiger partial charge in [-0.05, 0) is 31.5 Å². The van der Waals surface area contributed by atoms with Crippen LogP contribution in [0.15, 0.2) is 54.6 Å². The Balaban J connectivity index is 1.55. The maximum absolute atomic E-state index is 12.6. The number of amides is 1. The lowest BCUT2D eigenvalue weighted by molar-refractivity contribution is -0.145. The molecular weight excluding hydrogens is 314 g/mol. The summed E-state index contributed by atoms with van der Waals surface area (Å²) in [6, 6.07) is 18.0. The van der Waals surface area contributed by atoms with Crippen LogP contribution in [0, 0.1) is 6.92 Å². The van der Waals surface area contributed by atoms with E-state index in [-0.39, 0.29) is 18.1 Å². The third-order valence-corrected chi connectivity index (χ3v) is 4.53. The standard InChI is InChI=1S/C21H25NO3/c1-16-8-10-18(11-9-16)20-14-22(17(2)15-25-20)21(23)12-13-24-19-6-4-3-5-7-19/h3-11,17,20H,12-15H2,1-2H3. The van der Waals surface area contributed by atoms with Gasteiger partial charge in [0.05, 0.1) is 32.2 Å². The number of carbonyl (C=O) groups excluding carboxylic acids is 1. The molecule has 1 fully saturated rings. The highest BCUT2D eigenvalue weighted by Crippen LogP contribution is 2.25. The van der Waals surface area contributed by atoms with Crippen molar-refractivity contribution in [3.8, 4) is 5.75 Å². The van der Waals surface area contributed by atoms with E-state index in [0.717, 1.165) is 11.3 Å². The Hall–Kier alpha value is -2.33. The summed E-state index contributed by atoms with van der Waals surface area (Å²) in [5, 5.41) is 0. The van der Waals surface area contributed by atoms with Crippen molar-refractivity contribution < 1.29 is 14.3 Å². The van der Waals surface area contributed by atoms with E-state index in [0.29, 0.717) is 26.2 Å². The molecule has 132 valence electrons. The Morgan fingerprint density at radius 1 is 1.16 bits per heavy atom. The van der Waals surface area contributed by atoms with Gasteiger partial charge in [-0.25, -0.2) is 0 Å². The number of morpholine rings is 1. The van der Waals surface area contributed by atoms with E-state index in [9.17, 15) is 4.79 Å². The molecule has 1 aliphatic rings. The van der Waals surface area contributed by atoms with Crippen molar-refractivity contribution in [1.82, 2.24) is 4.90 Å². The fourth-order valence-electron chi connectivity index (χ4n) is 3.00. The van der Waals surface area contributed by atoms with Crippen LogP contribution in [0.1, 0.15) is 30.6 Å². The number of nitrogens with zero attached hydrogens (tertiary/aromatic N) is 1. The minimum absolute atomic E-state index is 0.0595. The summed E-state index contributed by atoms with van der Waals surface area (Å²) in [5.74, 6) is 0.909. The summed E-state index contributed by atoms with van der Waals surface area (Å²) in [6.07, 6.45) is 0.315. The van der Waals surface area contributed by atoms with Gasteiger partial charge in [-0.3, -0.25) is 4.79 Å². The van der Waals surface area contributed by atoms with Gasteiger partial charge in [-0.15, -0.1) is 0 Å². The predicted octanol–water partition coefficient (Wildman–Crippen LogP) is 3.75. The van der Waals surface area contributed by atoms with Crippen LogP contribution >= 0.6 is 0 Å². The first kappa shape index (κ1) is 17.5. The third kappa shape index (κ3) is 4.60.